The van der Waals surface area contributed by atoms with Gasteiger partial charge >= 0.3 is 0 Å². The quantitative estimate of drug-likeness (QED) is 0.545. The molecule has 2 aliphatic heterocycles. The zero-order chi connectivity index (χ0) is 15.5. The van der Waals surface area contributed by atoms with Gasteiger partial charge in [-0.05, 0) is 58.1 Å². The number of hydrogen-bond acceptors (Lipinski definition) is 5. The molecule has 2 fully saturated rings. The first-order valence-corrected chi connectivity index (χ1v) is 8.84. The molecular formula is C15H15IN2O3S. The van der Waals surface area contributed by atoms with Crippen LogP contribution in [0.1, 0.15) is 5.56 Å². The van der Waals surface area contributed by atoms with E-state index in [0.717, 1.165) is 34.0 Å². The molecule has 3 rings (SSSR count). The lowest BCUT2D eigenvalue weighted by Gasteiger charge is -2.29. The van der Waals surface area contributed by atoms with Crippen molar-refractivity contribution in [3.63, 3.8) is 0 Å². The fraction of sp³-hybridized carbons (Fsp3) is 0.333. The average Bonchev–Trinajstić information content (AvgIpc) is 2.78. The van der Waals surface area contributed by atoms with Gasteiger partial charge in [-0.3, -0.25) is 19.4 Å². The van der Waals surface area contributed by atoms with Crippen molar-refractivity contribution < 1.29 is 14.3 Å². The fourth-order valence-electron chi connectivity index (χ4n) is 2.27. The summed E-state index contributed by atoms with van der Waals surface area (Å²) in [7, 11) is 0. The van der Waals surface area contributed by atoms with E-state index in [2.05, 4.69) is 27.5 Å². The van der Waals surface area contributed by atoms with Crippen molar-refractivity contribution in [2.24, 2.45) is 0 Å². The van der Waals surface area contributed by atoms with Gasteiger partial charge in [0.2, 0.25) is 0 Å². The molecule has 0 unspecified atom stereocenters. The molecule has 0 aliphatic carbocycles. The standard InChI is InChI=1S/C15H15IN2O3S/c16-12-3-1-11(2-4-12)9-13-14(19)18(15(20)22-13)10-17-5-7-21-8-6-17/h1-4,9H,5-8,10H2/b13-9-. The number of halogens is 1. The number of hydrogen-bond donors (Lipinski definition) is 0. The van der Waals surface area contributed by atoms with Crippen LogP contribution in [0.3, 0.4) is 0 Å². The maximum Gasteiger partial charge on any atom is 0.294 e. The number of thioether (sulfide) groups is 1. The molecule has 0 atom stereocenters. The van der Waals surface area contributed by atoms with Crippen molar-refractivity contribution >= 4 is 51.6 Å². The second-order valence-corrected chi connectivity index (χ2v) is 7.27. The second-order valence-electron chi connectivity index (χ2n) is 5.03. The van der Waals surface area contributed by atoms with Gasteiger partial charge in [-0.15, -0.1) is 0 Å². The molecule has 2 amide bonds. The Bertz CT molecular complexity index is 612. The highest BCUT2D eigenvalue weighted by atomic mass is 127. The average molecular weight is 430 g/mol. The summed E-state index contributed by atoms with van der Waals surface area (Å²) in [6.45, 7) is 3.14. The van der Waals surface area contributed by atoms with Crippen molar-refractivity contribution in [1.82, 2.24) is 9.80 Å². The van der Waals surface area contributed by atoms with Crippen LogP contribution < -0.4 is 0 Å². The van der Waals surface area contributed by atoms with Crippen LogP contribution >= 0.6 is 34.4 Å². The predicted octanol–water partition coefficient (Wildman–Crippen LogP) is 2.62. The van der Waals surface area contributed by atoms with E-state index in [9.17, 15) is 9.59 Å². The number of ether oxygens (including phenoxy) is 1. The molecule has 2 aliphatic rings. The Morgan fingerprint density at radius 2 is 1.86 bits per heavy atom. The lowest BCUT2D eigenvalue weighted by atomic mass is 10.2. The topological polar surface area (TPSA) is 49.9 Å². The van der Waals surface area contributed by atoms with E-state index in [1.807, 2.05) is 24.3 Å². The minimum absolute atomic E-state index is 0.201. The van der Waals surface area contributed by atoms with Gasteiger partial charge in [0.15, 0.2) is 0 Å². The van der Waals surface area contributed by atoms with E-state index in [1.165, 1.54) is 4.90 Å². The third-order valence-electron chi connectivity index (χ3n) is 3.49. The first-order valence-electron chi connectivity index (χ1n) is 6.94. The largest absolute Gasteiger partial charge is 0.379 e. The Balaban J connectivity index is 1.71. The Hall–Kier alpha value is -0.900. The molecule has 2 heterocycles. The molecule has 0 aromatic heterocycles. The molecule has 116 valence electrons. The molecule has 22 heavy (non-hydrogen) atoms. The highest BCUT2D eigenvalue weighted by molar-refractivity contribution is 14.1. The van der Waals surface area contributed by atoms with Crippen molar-refractivity contribution in [3.8, 4) is 0 Å². The second kappa shape index (κ2) is 7.12. The van der Waals surface area contributed by atoms with Crippen molar-refractivity contribution in [3.05, 3.63) is 38.3 Å². The molecule has 1 aromatic carbocycles. The van der Waals surface area contributed by atoms with Crippen LogP contribution in [0.2, 0.25) is 0 Å². The SMILES string of the molecule is O=C1S/C(=C\c2ccc(I)cc2)C(=O)N1CN1CCOCC1. The smallest absolute Gasteiger partial charge is 0.294 e. The summed E-state index contributed by atoms with van der Waals surface area (Å²) < 4.78 is 6.41. The molecule has 0 radical (unpaired) electrons. The molecule has 5 nitrogen and oxygen atoms in total. The van der Waals surface area contributed by atoms with Gasteiger partial charge in [-0.25, -0.2) is 0 Å². The Morgan fingerprint density at radius 3 is 2.55 bits per heavy atom. The molecule has 2 saturated heterocycles. The number of carbonyl (C=O) groups is 2. The van der Waals surface area contributed by atoms with Gasteiger partial charge in [0.1, 0.15) is 0 Å². The minimum atomic E-state index is -0.208. The van der Waals surface area contributed by atoms with Crippen LogP contribution in [-0.4, -0.2) is 53.9 Å². The summed E-state index contributed by atoms with van der Waals surface area (Å²) in [6, 6.07) is 7.84. The molecule has 0 spiro atoms. The van der Waals surface area contributed by atoms with E-state index in [0.29, 0.717) is 24.8 Å². The molecule has 0 saturated carbocycles. The van der Waals surface area contributed by atoms with Gasteiger partial charge < -0.3 is 4.74 Å². The van der Waals surface area contributed by atoms with E-state index in [4.69, 9.17) is 4.74 Å². The lowest BCUT2D eigenvalue weighted by molar-refractivity contribution is -0.125. The monoisotopic (exact) mass is 430 g/mol. The predicted molar refractivity (Wildman–Crippen MR) is 94.2 cm³/mol. The van der Waals surface area contributed by atoms with Crippen molar-refractivity contribution in [2.75, 3.05) is 33.0 Å². The van der Waals surface area contributed by atoms with Gasteiger partial charge in [0.05, 0.1) is 24.8 Å². The highest BCUT2D eigenvalue weighted by Gasteiger charge is 2.36. The van der Waals surface area contributed by atoms with Crippen molar-refractivity contribution in [2.45, 2.75) is 0 Å². The first-order chi connectivity index (χ1) is 10.6. The lowest BCUT2D eigenvalue weighted by Crippen LogP contribution is -2.45. The van der Waals surface area contributed by atoms with Crippen molar-refractivity contribution in [1.29, 1.82) is 0 Å². The van der Waals surface area contributed by atoms with E-state index < -0.39 is 0 Å². The Kier molecular flexibility index (Phi) is 5.17. The number of morpholine rings is 1. The van der Waals surface area contributed by atoms with Crippen LogP contribution in [0.5, 0.6) is 0 Å². The normalized spacial score (nSPS) is 21.9. The van der Waals surface area contributed by atoms with E-state index in [1.54, 1.807) is 6.08 Å². The number of benzene rings is 1. The maximum atomic E-state index is 12.4. The van der Waals surface area contributed by atoms with Gasteiger partial charge in [0.25, 0.3) is 11.1 Å². The molecule has 0 N–H and O–H groups in total. The van der Waals surface area contributed by atoms with Gasteiger partial charge in [-0.2, -0.15) is 0 Å². The van der Waals surface area contributed by atoms with Crippen LogP contribution in [0.15, 0.2) is 29.2 Å². The van der Waals surface area contributed by atoms with Crippen LogP contribution in [0.25, 0.3) is 6.08 Å². The Morgan fingerprint density at radius 1 is 1.18 bits per heavy atom. The summed E-state index contributed by atoms with van der Waals surface area (Å²) in [5, 5.41) is -0.201. The van der Waals surface area contributed by atoms with E-state index in [-0.39, 0.29) is 11.1 Å². The Labute approximate surface area is 146 Å². The zero-order valence-corrected chi connectivity index (χ0v) is 14.8. The summed E-state index contributed by atoms with van der Waals surface area (Å²) in [5.74, 6) is -0.208. The number of imide groups is 1. The summed E-state index contributed by atoms with van der Waals surface area (Å²) in [5.41, 5.74) is 0.928. The maximum absolute atomic E-state index is 12.4. The summed E-state index contributed by atoms with van der Waals surface area (Å²) in [6.07, 6.45) is 1.78. The fourth-order valence-corrected chi connectivity index (χ4v) is 3.47. The zero-order valence-electron chi connectivity index (χ0n) is 11.8. The number of rotatable bonds is 3. The van der Waals surface area contributed by atoms with Gasteiger partial charge in [-0.1, -0.05) is 12.1 Å². The molecule has 1 aromatic rings. The van der Waals surface area contributed by atoms with Crippen LogP contribution in [0.4, 0.5) is 4.79 Å². The molecule has 7 heteroatoms. The minimum Gasteiger partial charge on any atom is -0.379 e. The molecule has 0 bridgehead atoms. The van der Waals surface area contributed by atoms with Crippen LogP contribution in [-0.2, 0) is 9.53 Å². The van der Waals surface area contributed by atoms with Crippen LogP contribution in [0, 0.1) is 3.57 Å². The van der Waals surface area contributed by atoms with E-state index >= 15 is 0 Å². The highest BCUT2D eigenvalue weighted by Crippen LogP contribution is 2.32. The number of nitrogens with zero attached hydrogens (tertiary/aromatic N) is 2. The molecular weight excluding hydrogens is 415 g/mol. The summed E-state index contributed by atoms with van der Waals surface area (Å²) in [4.78, 5) is 28.4. The van der Waals surface area contributed by atoms with Gasteiger partial charge in [0, 0.05) is 16.7 Å². The number of carbonyl (C=O) groups excluding carboxylic acids is 2. The summed E-state index contributed by atoms with van der Waals surface area (Å²) >= 11 is 3.24. The third kappa shape index (κ3) is 3.70. The first kappa shape index (κ1) is 16.0. The number of amides is 2. The third-order valence-corrected chi connectivity index (χ3v) is 5.11.